The number of ether oxygens (including phenoxy) is 5. The molecule has 1 aliphatic heterocycles. The van der Waals surface area contributed by atoms with E-state index >= 15 is 0 Å². The Kier molecular flexibility index (Phi) is 8.74. The lowest BCUT2D eigenvalue weighted by molar-refractivity contribution is -0.136. The van der Waals surface area contributed by atoms with Crippen LogP contribution in [0.4, 0.5) is 0 Å². The molecule has 4 aromatic rings. The van der Waals surface area contributed by atoms with E-state index in [0.717, 1.165) is 22.3 Å². The third-order valence-corrected chi connectivity index (χ3v) is 7.20. The molecule has 1 heterocycles. The Balaban J connectivity index is 1.36. The summed E-state index contributed by atoms with van der Waals surface area (Å²) in [5, 5.41) is 10.6. The number of nitrogens with two attached hydrogens (primary N) is 1. The molecule has 9 heteroatoms. The molecule has 0 spiro atoms. The standard InChI is InChI=1S/C34H29ClN2O6/c1-20-12-21(2)14-25(13-20)40-19-32(38)42-24-9-10-26-30(16-24)43-34(37)27(17-36)33(26)22-8-11-29(31(15-22)39-3)41-18-23-6-4-5-7-28(23)35/h4-16,33H,18-19,37H2,1-3H3. The second-order valence-electron chi connectivity index (χ2n) is 10.0. The van der Waals surface area contributed by atoms with Crippen molar-refractivity contribution in [1.82, 2.24) is 0 Å². The van der Waals surface area contributed by atoms with Crippen LogP contribution >= 0.6 is 11.6 Å². The van der Waals surface area contributed by atoms with Gasteiger partial charge in [-0.05, 0) is 66.9 Å². The fraction of sp³-hybridized carbons (Fsp3) is 0.176. The molecule has 8 nitrogen and oxygen atoms in total. The van der Waals surface area contributed by atoms with E-state index < -0.39 is 11.9 Å². The number of rotatable bonds is 9. The van der Waals surface area contributed by atoms with Crippen LogP contribution in [0, 0.1) is 25.2 Å². The van der Waals surface area contributed by atoms with Gasteiger partial charge in [-0.2, -0.15) is 5.26 Å². The number of aryl methyl sites for hydroxylation is 2. The van der Waals surface area contributed by atoms with E-state index in [1.54, 1.807) is 43.5 Å². The first-order valence-corrected chi connectivity index (χ1v) is 13.8. The highest BCUT2D eigenvalue weighted by molar-refractivity contribution is 6.31. The number of fused-ring (bicyclic) bond motifs is 1. The number of carbonyl (C=O) groups is 1. The van der Waals surface area contributed by atoms with Gasteiger partial charge in [0.2, 0.25) is 5.88 Å². The summed E-state index contributed by atoms with van der Waals surface area (Å²) < 4.78 is 28.5. The van der Waals surface area contributed by atoms with Crippen molar-refractivity contribution in [2.75, 3.05) is 13.7 Å². The average molecular weight is 597 g/mol. The fourth-order valence-corrected chi connectivity index (χ4v) is 5.11. The molecule has 43 heavy (non-hydrogen) atoms. The quantitative estimate of drug-likeness (QED) is 0.167. The van der Waals surface area contributed by atoms with Gasteiger partial charge in [0.15, 0.2) is 18.1 Å². The molecular formula is C34H29ClN2O6. The van der Waals surface area contributed by atoms with E-state index in [-0.39, 0.29) is 30.4 Å². The van der Waals surface area contributed by atoms with Crippen molar-refractivity contribution < 1.29 is 28.5 Å². The minimum atomic E-state index is -0.579. The Labute approximate surface area is 254 Å². The summed E-state index contributed by atoms with van der Waals surface area (Å²) in [6.07, 6.45) is 0. The minimum absolute atomic E-state index is 0.0420. The lowest BCUT2D eigenvalue weighted by Gasteiger charge is -2.27. The largest absolute Gasteiger partial charge is 0.493 e. The van der Waals surface area contributed by atoms with Crippen molar-refractivity contribution in [3.63, 3.8) is 0 Å². The first-order valence-electron chi connectivity index (χ1n) is 13.4. The summed E-state index contributed by atoms with van der Waals surface area (Å²) in [7, 11) is 1.54. The zero-order chi connectivity index (χ0) is 30.5. The van der Waals surface area contributed by atoms with Gasteiger partial charge >= 0.3 is 5.97 Å². The van der Waals surface area contributed by atoms with Crippen LogP contribution in [-0.2, 0) is 11.4 Å². The maximum atomic E-state index is 12.5. The molecule has 5 rings (SSSR count). The summed E-state index contributed by atoms with van der Waals surface area (Å²) in [5.74, 6) is 1.01. The Morgan fingerprint density at radius 3 is 2.44 bits per heavy atom. The maximum absolute atomic E-state index is 12.5. The zero-order valence-electron chi connectivity index (χ0n) is 23.8. The number of hydrogen-bond acceptors (Lipinski definition) is 8. The van der Waals surface area contributed by atoms with Gasteiger partial charge < -0.3 is 29.4 Å². The monoisotopic (exact) mass is 596 g/mol. The number of benzene rings is 4. The van der Waals surface area contributed by atoms with E-state index in [1.165, 1.54) is 0 Å². The molecular weight excluding hydrogens is 568 g/mol. The van der Waals surface area contributed by atoms with Crippen LogP contribution < -0.4 is 29.4 Å². The van der Waals surface area contributed by atoms with Crippen LogP contribution in [0.5, 0.6) is 28.7 Å². The van der Waals surface area contributed by atoms with Gasteiger partial charge in [-0.1, -0.05) is 48.0 Å². The second kappa shape index (κ2) is 12.8. The zero-order valence-corrected chi connectivity index (χ0v) is 24.6. The molecule has 0 saturated heterocycles. The van der Waals surface area contributed by atoms with E-state index in [9.17, 15) is 10.1 Å². The molecule has 4 aromatic carbocycles. The second-order valence-corrected chi connectivity index (χ2v) is 10.4. The number of allylic oxidation sites excluding steroid dienone is 1. The number of hydrogen-bond donors (Lipinski definition) is 1. The molecule has 0 amide bonds. The SMILES string of the molecule is COc1cc(C2C(C#N)=C(N)Oc3cc(OC(=O)COc4cc(C)cc(C)c4)ccc32)ccc1OCc1ccccc1Cl. The fourth-order valence-electron chi connectivity index (χ4n) is 4.92. The van der Waals surface area contributed by atoms with Crippen molar-refractivity contribution in [2.24, 2.45) is 5.73 Å². The predicted molar refractivity (Wildman–Crippen MR) is 162 cm³/mol. The van der Waals surface area contributed by atoms with E-state index in [1.807, 2.05) is 56.3 Å². The van der Waals surface area contributed by atoms with Crippen LogP contribution in [-0.4, -0.2) is 19.7 Å². The molecule has 1 atom stereocenters. The van der Waals surface area contributed by atoms with Crippen molar-refractivity contribution in [3.05, 3.63) is 123 Å². The number of methoxy groups -OCH3 is 1. The normalized spacial score (nSPS) is 13.8. The molecule has 0 aliphatic carbocycles. The molecule has 1 aliphatic rings. The average Bonchev–Trinajstić information content (AvgIpc) is 2.98. The van der Waals surface area contributed by atoms with E-state index in [4.69, 9.17) is 41.0 Å². The van der Waals surface area contributed by atoms with E-state index in [2.05, 4.69) is 6.07 Å². The van der Waals surface area contributed by atoms with Gasteiger partial charge in [-0.25, -0.2) is 4.79 Å². The van der Waals surface area contributed by atoms with Crippen LogP contribution in [0.1, 0.15) is 33.7 Å². The van der Waals surface area contributed by atoms with Gasteiger partial charge in [0.1, 0.15) is 35.5 Å². The molecule has 2 N–H and O–H groups in total. The lowest BCUT2D eigenvalue weighted by Crippen LogP contribution is -2.22. The van der Waals surface area contributed by atoms with Crippen LogP contribution in [0.15, 0.2) is 90.3 Å². The lowest BCUT2D eigenvalue weighted by atomic mass is 9.83. The number of carbonyl (C=O) groups excluding carboxylic acids is 1. The Morgan fingerprint density at radius 2 is 1.72 bits per heavy atom. The molecule has 0 fully saturated rings. The van der Waals surface area contributed by atoms with Crippen molar-refractivity contribution in [2.45, 2.75) is 26.4 Å². The van der Waals surface area contributed by atoms with Crippen LogP contribution in [0.3, 0.4) is 0 Å². The number of nitriles is 1. The van der Waals surface area contributed by atoms with Gasteiger partial charge in [0.05, 0.1) is 13.0 Å². The Morgan fingerprint density at radius 1 is 0.953 bits per heavy atom. The van der Waals surface area contributed by atoms with Crippen molar-refractivity contribution in [3.8, 4) is 34.8 Å². The van der Waals surface area contributed by atoms with Gasteiger partial charge in [0, 0.05) is 22.2 Å². The van der Waals surface area contributed by atoms with E-state index in [0.29, 0.717) is 33.6 Å². The minimum Gasteiger partial charge on any atom is -0.493 e. The van der Waals surface area contributed by atoms with Crippen molar-refractivity contribution >= 4 is 17.6 Å². The summed E-state index contributed by atoms with van der Waals surface area (Å²) in [6.45, 7) is 3.89. The molecule has 0 saturated carbocycles. The van der Waals surface area contributed by atoms with Crippen molar-refractivity contribution in [1.29, 1.82) is 5.26 Å². The van der Waals surface area contributed by atoms with Gasteiger partial charge in [-0.3, -0.25) is 0 Å². The number of halogens is 1. The van der Waals surface area contributed by atoms with Gasteiger partial charge in [0.25, 0.3) is 0 Å². The van der Waals surface area contributed by atoms with Crippen LogP contribution in [0.2, 0.25) is 5.02 Å². The highest BCUT2D eigenvalue weighted by Gasteiger charge is 2.32. The summed E-state index contributed by atoms with van der Waals surface area (Å²) in [5.41, 5.74) is 10.7. The molecule has 0 radical (unpaired) electrons. The topological polar surface area (TPSA) is 113 Å². The number of nitrogens with zero attached hydrogens (tertiary/aromatic N) is 1. The van der Waals surface area contributed by atoms with Crippen LogP contribution in [0.25, 0.3) is 0 Å². The number of esters is 1. The highest BCUT2D eigenvalue weighted by atomic mass is 35.5. The smallest absolute Gasteiger partial charge is 0.349 e. The first kappa shape index (κ1) is 29.4. The molecule has 1 unspecified atom stereocenters. The molecule has 0 bridgehead atoms. The molecule has 218 valence electrons. The third kappa shape index (κ3) is 6.69. The highest BCUT2D eigenvalue weighted by Crippen LogP contribution is 2.45. The van der Waals surface area contributed by atoms with Gasteiger partial charge in [-0.15, -0.1) is 0 Å². The maximum Gasteiger partial charge on any atom is 0.349 e. The summed E-state index contributed by atoms with van der Waals surface area (Å²) in [4.78, 5) is 12.5. The summed E-state index contributed by atoms with van der Waals surface area (Å²) >= 11 is 6.27. The first-order chi connectivity index (χ1) is 20.7. The Hall–Kier alpha value is -5.13. The molecule has 0 aromatic heterocycles. The Bertz CT molecular complexity index is 1740. The summed E-state index contributed by atoms with van der Waals surface area (Å²) in [6, 6.07) is 25.7. The predicted octanol–water partition coefficient (Wildman–Crippen LogP) is 6.75. The third-order valence-electron chi connectivity index (χ3n) is 6.84.